The molecule has 1 N–H and O–H groups in total. The summed E-state index contributed by atoms with van der Waals surface area (Å²) < 4.78 is 0. The molecule has 1 aliphatic heterocycles. The highest BCUT2D eigenvalue weighted by atomic mass is 32.1. The minimum Gasteiger partial charge on any atom is -0.302 e. The Bertz CT molecular complexity index is 591. The van der Waals surface area contributed by atoms with Gasteiger partial charge in [-0.3, -0.25) is 9.69 Å². The number of nitrogens with zero attached hydrogens (tertiary/aromatic N) is 2. The molecular weight excluding hydrogens is 294 g/mol. The maximum absolute atomic E-state index is 11.0. The maximum atomic E-state index is 11.0. The van der Waals surface area contributed by atoms with Crippen LogP contribution in [0.3, 0.4) is 0 Å². The van der Waals surface area contributed by atoms with Crippen molar-refractivity contribution in [2.75, 3.05) is 18.4 Å². The average molecular weight is 317 g/mol. The second kappa shape index (κ2) is 8.06. The van der Waals surface area contributed by atoms with Crippen molar-refractivity contribution in [3.8, 4) is 0 Å². The van der Waals surface area contributed by atoms with E-state index in [9.17, 15) is 4.79 Å². The third kappa shape index (κ3) is 5.24. The zero-order valence-electron chi connectivity index (χ0n) is 13.3. The van der Waals surface area contributed by atoms with E-state index in [0.717, 1.165) is 32.5 Å². The van der Waals surface area contributed by atoms with Crippen molar-refractivity contribution in [2.24, 2.45) is 0 Å². The normalized spacial score (nSPS) is 16.5. The van der Waals surface area contributed by atoms with Crippen molar-refractivity contribution in [1.29, 1.82) is 0 Å². The van der Waals surface area contributed by atoms with Crippen molar-refractivity contribution in [3.63, 3.8) is 0 Å². The first-order chi connectivity index (χ1) is 10.6. The Hall–Kier alpha value is -1.72. The molecule has 0 unspecified atom stereocenters. The van der Waals surface area contributed by atoms with Crippen LogP contribution in [0.25, 0.3) is 0 Å². The lowest BCUT2D eigenvalue weighted by Crippen LogP contribution is -2.29. The minimum absolute atomic E-state index is 0.0726. The number of rotatable bonds is 5. The number of thiazole rings is 1. The summed E-state index contributed by atoms with van der Waals surface area (Å²) in [5.74, 6) is -0.0726. The molecule has 1 aromatic heterocycles. The number of carbonyl (C=O) groups excluding carboxylic acids is 1. The van der Waals surface area contributed by atoms with Crippen molar-refractivity contribution >= 4 is 22.4 Å². The van der Waals surface area contributed by atoms with Gasteiger partial charge < -0.3 is 5.32 Å². The Labute approximate surface area is 136 Å². The van der Waals surface area contributed by atoms with Crippen LogP contribution >= 0.6 is 11.3 Å². The van der Waals surface area contributed by atoms with Crippen LogP contribution in [-0.2, 0) is 11.3 Å². The van der Waals surface area contributed by atoms with E-state index in [0.29, 0.717) is 5.13 Å². The lowest BCUT2D eigenvalue weighted by atomic mass is 10.0. The molecule has 0 radical (unpaired) electrons. The number of likely N-dealkylation sites (tertiary alicyclic amines) is 1. The molecule has 1 saturated heterocycles. The van der Waals surface area contributed by atoms with Crippen LogP contribution in [0, 0.1) is 0 Å². The predicted octanol–water partition coefficient (Wildman–Crippen LogP) is 3.76. The third-order valence-corrected chi connectivity index (χ3v) is 4.42. The maximum Gasteiger partial charge on any atom is 0.223 e. The fourth-order valence-corrected chi connectivity index (χ4v) is 3.41. The van der Waals surface area contributed by atoms with E-state index in [4.69, 9.17) is 0 Å². The Kier molecular flexibility index (Phi) is 6.10. The van der Waals surface area contributed by atoms with Crippen LogP contribution in [0.2, 0.25) is 0 Å². The number of nitrogens with one attached hydrogen (secondary N) is 1. The fraction of sp³-hybridized carbons (Fsp3) is 0.412. The molecule has 0 bridgehead atoms. The van der Waals surface area contributed by atoms with E-state index in [1.807, 2.05) is 18.3 Å². The number of amides is 1. The molecule has 0 spiro atoms. The van der Waals surface area contributed by atoms with Gasteiger partial charge in [-0.2, -0.15) is 0 Å². The van der Waals surface area contributed by atoms with Crippen molar-refractivity contribution < 1.29 is 4.79 Å². The Morgan fingerprint density at radius 3 is 2.82 bits per heavy atom. The quantitative estimate of drug-likeness (QED) is 0.841. The van der Waals surface area contributed by atoms with Crippen LogP contribution in [0.1, 0.15) is 31.6 Å². The van der Waals surface area contributed by atoms with Gasteiger partial charge in [0.05, 0.1) is 0 Å². The van der Waals surface area contributed by atoms with Crippen LogP contribution in [0.5, 0.6) is 0 Å². The lowest BCUT2D eigenvalue weighted by Gasteiger charge is -2.27. The molecular formula is C17H23N3OS. The molecule has 0 atom stereocenters. The molecule has 0 saturated carbocycles. The van der Waals surface area contributed by atoms with E-state index in [2.05, 4.69) is 34.8 Å². The first-order valence-corrected chi connectivity index (χ1v) is 8.32. The first kappa shape index (κ1) is 16.6. The number of carbonyl (C=O) groups is 1. The molecule has 22 heavy (non-hydrogen) atoms. The standard InChI is InChI=1S/C17H23N3OS/c1-4-5-13(2)10-15-6-8-20(9-7-15)12-16-11-18-17(22-16)19-14(3)21/h4-5,10-11H,1,6-9,12H2,2-3H3,(H,18,19,21)/b13-5+. The topological polar surface area (TPSA) is 45.2 Å². The SMILES string of the molecule is C=C/C=C(\C)C=C1CCN(Cc2cnc(NC(C)=O)s2)CC1. The zero-order valence-corrected chi connectivity index (χ0v) is 14.1. The van der Waals surface area contributed by atoms with Gasteiger partial charge in [-0.25, -0.2) is 4.98 Å². The number of piperidine rings is 1. The van der Waals surface area contributed by atoms with E-state index in [1.165, 1.54) is 22.9 Å². The first-order valence-electron chi connectivity index (χ1n) is 7.50. The molecule has 2 rings (SSSR count). The Balaban J connectivity index is 1.84. The molecule has 0 aliphatic carbocycles. The number of aromatic nitrogens is 1. The van der Waals surface area contributed by atoms with Crippen molar-refractivity contribution in [1.82, 2.24) is 9.88 Å². The summed E-state index contributed by atoms with van der Waals surface area (Å²) >= 11 is 1.55. The molecule has 0 aromatic carbocycles. The van der Waals surface area contributed by atoms with Crippen LogP contribution in [0.15, 0.2) is 42.2 Å². The summed E-state index contributed by atoms with van der Waals surface area (Å²) in [7, 11) is 0. The number of allylic oxidation sites excluding steroid dienone is 4. The highest BCUT2D eigenvalue weighted by Crippen LogP contribution is 2.23. The van der Waals surface area contributed by atoms with Gasteiger partial charge in [0.25, 0.3) is 0 Å². The molecule has 4 nitrogen and oxygen atoms in total. The van der Waals surface area contributed by atoms with Gasteiger partial charge in [-0.15, -0.1) is 11.3 Å². The van der Waals surface area contributed by atoms with Gasteiger partial charge in [0, 0.05) is 37.6 Å². The van der Waals surface area contributed by atoms with E-state index >= 15 is 0 Å². The number of anilines is 1. The van der Waals surface area contributed by atoms with E-state index in [1.54, 1.807) is 11.3 Å². The highest BCUT2D eigenvalue weighted by Gasteiger charge is 2.15. The molecule has 1 fully saturated rings. The largest absolute Gasteiger partial charge is 0.302 e. The molecule has 118 valence electrons. The Morgan fingerprint density at radius 1 is 1.45 bits per heavy atom. The summed E-state index contributed by atoms with van der Waals surface area (Å²) in [6, 6.07) is 0. The fourth-order valence-electron chi connectivity index (χ4n) is 2.51. The van der Waals surface area contributed by atoms with Crippen molar-refractivity contribution in [3.05, 3.63) is 47.0 Å². The van der Waals surface area contributed by atoms with Crippen LogP contribution in [-0.4, -0.2) is 28.9 Å². The van der Waals surface area contributed by atoms with Crippen LogP contribution < -0.4 is 5.32 Å². The number of hydrogen-bond acceptors (Lipinski definition) is 4. The van der Waals surface area contributed by atoms with E-state index < -0.39 is 0 Å². The second-order valence-corrected chi connectivity index (χ2v) is 6.65. The molecule has 5 heteroatoms. The van der Waals surface area contributed by atoms with Gasteiger partial charge in [0.1, 0.15) is 0 Å². The molecule has 1 aromatic rings. The monoisotopic (exact) mass is 317 g/mol. The highest BCUT2D eigenvalue weighted by molar-refractivity contribution is 7.15. The minimum atomic E-state index is -0.0726. The Morgan fingerprint density at radius 2 is 2.18 bits per heavy atom. The smallest absolute Gasteiger partial charge is 0.223 e. The number of hydrogen-bond donors (Lipinski definition) is 1. The summed E-state index contributed by atoms with van der Waals surface area (Å²) in [4.78, 5) is 18.9. The zero-order chi connectivity index (χ0) is 15.9. The average Bonchev–Trinajstić information content (AvgIpc) is 2.87. The van der Waals surface area contributed by atoms with E-state index in [-0.39, 0.29) is 5.91 Å². The summed E-state index contributed by atoms with van der Waals surface area (Å²) in [5.41, 5.74) is 2.77. The molecule has 1 amide bonds. The van der Waals surface area contributed by atoms with Gasteiger partial charge >= 0.3 is 0 Å². The van der Waals surface area contributed by atoms with Crippen LogP contribution in [0.4, 0.5) is 5.13 Å². The summed E-state index contributed by atoms with van der Waals surface area (Å²) in [6.45, 7) is 10.4. The second-order valence-electron chi connectivity index (χ2n) is 5.54. The summed E-state index contributed by atoms with van der Waals surface area (Å²) in [5, 5.41) is 3.42. The van der Waals surface area contributed by atoms with Gasteiger partial charge in [0.15, 0.2) is 5.13 Å². The predicted molar refractivity (Wildman–Crippen MR) is 93.0 cm³/mol. The third-order valence-electron chi connectivity index (χ3n) is 3.53. The van der Waals surface area contributed by atoms with Crippen molar-refractivity contribution in [2.45, 2.75) is 33.2 Å². The van der Waals surface area contributed by atoms with Gasteiger partial charge in [0.2, 0.25) is 5.91 Å². The van der Waals surface area contributed by atoms with Gasteiger partial charge in [-0.1, -0.05) is 36.0 Å². The molecule has 2 heterocycles. The van der Waals surface area contributed by atoms with Gasteiger partial charge in [-0.05, 0) is 19.8 Å². The molecule has 1 aliphatic rings. The summed E-state index contributed by atoms with van der Waals surface area (Å²) in [6.07, 6.45) is 10.2. The lowest BCUT2D eigenvalue weighted by molar-refractivity contribution is -0.114.